The average Bonchev–Trinajstić information content (AvgIpc) is 2.72. The van der Waals surface area contributed by atoms with Crippen molar-refractivity contribution in [3.63, 3.8) is 0 Å². The van der Waals surface area contributed by atoms with Crippen molar-refractivity contribution in [2.75, 3.05) is 5.32 Å². The van der Waals surface area contributed by atoms with Gasteiger partial charge in [0.1, 0.15) is 0 Å². The van der Waals surface area contributed by atoms with Crippen LogP contribution in [0.3, 0.4) is 0 Å². The maximum Gasteiger partial charge on any atom is 0.222 e. The average molecular weight is 248 g/mol. The van der Waals surface area contributed by atoms with E-state index >= 15 is 0 Å². The third-order valence-electron chi connectivity index (χ3n) is 2.95. The molecular weight excluding hydrogens is 234 g/mol. The summed E-state index contributed by atoms with van der Waals surface area (Å²) in [6, 6.07) is 10.8. The number of halogens is 1. The standard InChI is InChI=1S/C13H13N3.ClH/c1-2-5-11-9-12(8-10(11)4-1)16-13-14-6-3-7-15-13;/h1-7,12H,8-9H2,(H,14,15,16);1H. The number of nitrogens with zero attached hydrogens (tertiary/aromatic N) is 2. The number of nitrogens with one attached hydrogen (secondary N) is 1. The number of aromatic nitrogens is 2. The number of hydrogen-bond donors (Lipinski definition) is 1. The molecule has 0 unspecified atom stereocenters. The van der Waals surface area contributed by atoms with Gasteiger partial charge in [-0.1, -0.05) is 24.3 Å². The first-order valence-electron chi connectivity index (χ1n) is 5.52. The summed E-state index contributed by atoms with van der Waals surface area (Å²) in [6.07, 6.45) is 5.65. The monoisotopic (exact) mass is 247 g/mol. The van der Waals surface area contributed by atoms with E-state index in [-0.39, 0.29) is 12.4 Å². The predicted molar refractivity (Wildman–Crippen MR) is 70.5 cm³/mol. The third kappa shape index (κ3) is 2.56. The lowest BCUT2D eigenvalue weighted by molar-refractivity contribution is 0.761. The van der Waals surface area contributed by atoms with Gasteiger partial charge in [0.15, 0.2) is 0 Å². The van der Waals surface area contributed by atoms with Crippen LogP contribution in [0, 0.1) is 0 Å². The van der Waals surface area contributed by atoms with Gasteiger partial charge >= 0.3 is 0 Å². The van der Waals surface area contributed by atoms with Crippen molar-refractivity contribution in [2.45, 2.75) is 18.9 Å². The Labute approximate surface area is 107 Å². The minimum absolute atomic E-state index is 0. The van der Waals surface area contributed by atoms with Crippen molar-refractivity contribution >= 4 is 18.4 Å². The van der Waals surface area contributed by atoms with E-state index in [9.17, 15) is 0 Å². The zero-order valence-corrected chi connectivity index (χ0v) is 10.2. The van der Waals surface area contributed by atoms with Crippen LogP contribution >= 0.6 is 12.4 Å². The summed E-state index contributed by atoms with van der Waals surface area (Å²) in [6.45, 7) is 0. The van der Waals surface area contributed by atoms with Gasteiger partial charge in [-0.05, 0) is 30.0 Å². The Morgan fingerprint density at radius 3 is 2.12 bits per heavy atom. The van der Waals surface area contributed by atoms with Crippen LogP contribution in [-0.4, -0.2) is 16.0 Å². The van der Waals surface area contributed by atoms with Crippen molar-refractivity contribution in [1.82, 2.24) is 9.97 Å². The zero-order valence-electron chi connectivity index (χ0n) is 9.34. The lowest BCUT2D eigenvalue weighted by atomic mass is 10.1. The van der Waals surface area contributed by atoms with Gasteiger partial charge in [0.25, 0.3) is 0 Å². The molecule has 1 N–H and O–H groups in total. The smallest absolute Gasteiger partial charge is 0.222 e. The van der Waals surface area contributed by atoms with Crippen LogP contribution in [0.1, 0.15) is 11.1 Å². The van der Waals surface area contributed by atoms with Crippen LogP contribution in [0.15, 0.2) is 42.7 Å². The molecule has 3 nitrogen and oxygen atoms in total. The molecular formula is C13H14ClN3. The highest BCUT2D eigenvalue weighted by atomic mass is 35.5. The Kier molecular flexibility index (Phi) is 3.59. The molecule has 0 aliphatic heterocycles. The Hall–Kier alpha value is -1.61. The van der Waals surface area contributed by atoms with Gasteiger partial charge in [0.05, 0.1) is 0 Å². The molecule has 4 heteroatoms. The van der Waals surface area contributed by atoms with Crippen LogP contribution in [0.4, 0.5) is 5.95 Å². The van der Waals surface area contributed by atoms with Gasteiger partial charge in [-0.15, -0.1) is 12.4 Å². The van der Waals surface area contributed by atoms with Crippen LogP contribution in [0.5, 0.6) is 0 Å². The first-order valence-corrected chi connectivity index (χ1v) is 5.52. The summed E-state index contributed by atoms with van der Waals surface area (Å²) >= 11 is 0. The largest absolute Gasteiger partial charge is 0.351 e. The summed E-state index contributed by atoms with van der Waals surface area (Å²) in [5.41, 5.74) is 2.88. The van der Waals surface area contributed by atoms with E-state index in [4.69, 9.17) is 0 Å². The fourth-order valence-electron chi connectivity index (χ4n) is 2.22. The highest BCUT2D eigenvalue weighted by Crippen LogP contribution is 2.23. The first-order chi connectivity index (χ1) is 7.92. The molecule has 0 radical (unpaired) electrons. The summed E-state index contributed by atoms with van der Waals surface area (Å²) in [4.78, 5) is 8.37. The maximum atomic E-state index is 4.18. The number of fused-ring (bicyclic) bond motifs is 1. The molecule has 2 aromatic rings. The summed E-state index contributed by atoms with van der Waals surface area (Å²) in [7, 11) is 0. The highest BCUT2D eigenvalue weighted by Gasteiger charge is 2.20. The summed E-state index contributed by atoms with van der Waals surface area (Å²) < 4.78 is 0. The molecule has 3 rings (SSSR count). The number of rotatable bonds is 2. The van der Waals surface area contributed by atoms with E-state index in [1.807, 2.05) is 6.07 Å². The molecule has 17 heavy (non-hydrogen) atoms. The van der Waals surface area contributed by atoms with Gasteiger partial charge in [0, 0.05) is 18.4 Å². The molecule has 0 atom stereocenters. The fraction of sp³-hybridized carbons (Fsp3) is 0.231. The summed E-state index contributed by atoms with van der Waals surface area (Å²) in [5, 5.41) is 3.37. The zero-order chi connectivity index (χ0) is 10.8. The third-order valence-corrected chi connectivity index (χ3v) is 2.95. The van der Waals surface area contributed by atoms with E-state index in [0.717, 1.165) is 18.8 Å². The lowest BCUT2D eigenvalue weighted by Gasteiger charge is -2.10. The molecule has 88 valence electrons. The molecule has 1 aliphatic carbocycles. The van der Waals surface area contributed by atoms with E-state index in [2.05, 4.69) is 39.6 Å². The van der Waals surface area contributed by atoms with E-state index in [1.54, 1.807) is 12.4 Å². The first kappa shape index (κ1) is 11.9. The second kappa shape index (κ2) is 5.15. The second-order valence-electron chi connectivity index (χ2n) is 4.09. The highest BCUT2D eigenvalue weighted by molar-refractivity contribution is 5.85. The molecule has 1 aromatic heterocycles. The topological polar surface area (TPSA) is 37.8 Å². The lowest BCUT2D eigenvalue weighted by Crippen LogP contribution is -2.20. The Balaban J connectivity index is 0.00000108. The normalized spacial score (nSPS) is 13.9. The van der Waals surface area contributed by atoms with Crippen LogP contribution in [0.25, 0.3) is 0 Å². The molecule has 0 amide bonds. The van der Waals surface area contributed by atoms with Crippen LogP contribution in [0.2, 0.25) is 0 Å². The number of anilines is 1. The van der Waals surface area contributed by atoms with Crippen molar-refractivity contribution < 1.29 is 0 Å². The molecule has 0 saturated heterocycles. The minimum Gasteiger partial charge on any atom is -0.351 e. The van der Waals surface area contributed by atoms with Gasteiger partial charge in [0.2, 0.25) is 5.95 Å². The molecule has 0 fully saturated rings. The molecule has 1 heterocycles. The molecule has 1 aromatic carbocycles. The van der Waals surface area contributed by atoms with Crippen molar-refractivity contribution in [3.8, 4) is 0 Å². The number of benzene rings is 1. The predicted octanol–water partition coefficient (Wildman–Crippen LogP) is 2.48. The molecule has 0 bridgehead atoms. The minimum atomic E-state index is 0. The van der Waals surface area contributed by atoms with Gasteiger partial charge in [-0.2, -0.15) is 0 Å². The van der Waals surface area contributed by atoms with Gasteiger partial charge < -0.3 is 5.32 Å². The fourth-order valence-corrected chi connectivity index (χ4v) is 2.22. The second-order valence-corrected chi connectivity index (χ2v) is 4.09. The van der Waals surface area contributed by atoms with Crippen LogP contribution < -0.4 is 5.32 Å². The quantitative estimate of drug-likeness (QED) is 0.886. The Morgan fingerprint density at radius 1 is 0.941 bits per heavy atom. The Morgan fingerprint density at radius 2 is 1.53 bits per heavy atom. The number of hydrogen-bond acceptors (Lipinski definition) is 3. The summed E-state index contributed by atoms with van der Waals surface area (Å²) in [5.74, 6) is 0.723. The van der Waals surface area contributed by atoms with Crippen molar-refractivity contribution in [2.24, 2.45) is 0 Å². The van der Waals surface area contributed by atoms with Gasteiger partial charge in [-0.3, -0.25) is 0 Å². The Bertz CT molecular complexity index is 462. The van der Waals surface area contributed by atoms with Gasteiger partial charge in [-0.25, -0.2) is 9.97 Å². The van der Waals surface area contributed by atoms with E-state index < -0.39 is 0 Å². The van der Waals surface area contributed by atoms with E-state index in [0.29, 0.717) is 6.04 Å². The molecule has 0 saturated carbocycles. The van der Waals surface area contributed by atoms with Crippen LogP contribution in [-0.2, 0) is 12.8 Å². The van der Waals surface area contributed by atoms with Crippen molar-refractivity contribution in [3.05, 3.63) is 53.9 Å². The van der Waals surface area contributed by atoms with E-state index in [1.165, 1.54) is 11.1 Å². The SMILES string of the molecule is Cl.c1cnc(NC2Cc3ccccc3C2)nc1. The molecule has 1 aliphatic rings. The molecule has 0 spiro atoms. The maximum absolute atomic E-state index is 4.18. The van der Waals surface area contributed by atoms with Crippen molar-refractivity contribution in [1.29, 1.82) is 0 Å².